The first-order valence-electron chi connectivity index (χ1n) is 6.19. The lowest BCUT2D eigenvalue weighted by molar-refractivity contribution is -0.140. The molecule has 0 spiro atoms. The van der Waals surface area contributed by atoms with Crippen LogP contribution in [0, 0.1) is 17.3 Å². The van der Waals surface area contributed by atoms with Crippen molar-refractivity contribution in [2.24, 2.45) is 23.0 Å². The molecule has 1 aliphatic carbocycles. The first-order chi connectivity index (χ1) is 9.26. The molecular formula is C14H16N2O4. The van der Waals surface area contributed by atoms with Crippen molar-refractivity contribution in [3.05, 3.63) is 29.8 Å². The van der Waals surface area contributed by atoms with Gasteiger partial charge in [-0.3, -0.25) is 14.4 Å². The van der Waals surface area contributed by atoms with Crippen LogP contribution in [0.3, 0.4) is 0 Å². The molecule has 2 rings (SSSR count). The zero-order chi connectivity index (χ0) is 15.1. The fourth-order valence-corrected chi connectivity index (χ4v) is 2.61. The van der Waals surface area contributed by atoms with Crippen LogP contribution in [0.15, 0.2) is 24.3 Å². The van der Waals surface area contributed by atoms with Crippen LogP contribution in [-0.4, -0.2) is 22.9 Å². The van der Waals surface area contributed by atoms with Gasteiger partial charge >= 0.3 is 5.97 Å². The van der Waals surface area contributed by atoms with Crippen LogP contribution >= 0.6 is 0 Å². The number of nitrogens with one attached hydrogen (secondary N) is 1. The number of hydrogen-bond donors (Lipinski definition) is 3. The van der Waals surface area contributed by atoms with E-state index in [9.17, 15) is 14.4 Å². The lowest BCUT2D eigenvalue weighted by Crippen LogP contribution is -2.21. The van der Waals surface area contributed by atoms with Crippen LogP contribution in [0.1, 0.15) is 24.2 Å². The molecule has 1 fully saturated rings. The zero-order valence-electron chi connectivity index (χ0n) is 11.2. The second kappa shape index (κ2) is 4.63. The summed E-state index contributed by atoms with van der Waals surface area (Å²) >= 11 is 0. The molecule has 20 heavy (non-hydrogen) atoms. The molecule has 1 aromatic carbocycles. The largest absolute Gasteiger partial charge is 0.481 e. The SMILES string of the molecule is CC1(C)[C@H](C(=O)Nc2ccccc2C(N)=O)[C@@H]1C(=O)O. The molecule has 0 aliphatic heterocycles. The molecule has 0 heterocycles. The topological polar surface area (TPSA) is 109 Å². The molecule has 1 aliphatic rings. The number of primary amides is 1. The summed E-state index contributed by atoms with van der Waals surface area (Å²) in [5, 5.41) is 11.7. The lowest BCUT2D eigenvalue weighted by Gasteiger charge is -2.09. The standard InChI is InChI=1S/C14H16N2O4/c1-14(2)9(10(14)13(19)20)12(18)16-8-6-4-3-5-7(8)11(15)17/h3-6,9-10H,1-2H3,(H2,15,17)(H,16,18)(H,19,20)/t9-,10+/m0/s1. The van der Waals surface area contributed by atoms with Crippen LogP contribution in [0.2, 0.25) is 0 Å². The van der Waals surface area contributed by atoms with Gasteiger partial charge in [-0.1, -0.05) is 26.0 Å². The van der Waals surface area contributed by atoms with Gasteiger partial charge in [0.15, 0.2) is 0 Å². The highest BCUT2D eigenvalue weighted by Crippen LogP contribution is 2.58. The molecule has 2 amide bonds. The van der Waals surface area contributed by atoms with Crippen molar-refractivity contribution < 1.29 is 19.5 Å². The highest BCUT2D eigenvalue weighted by atomic mass is 16.4. The number of nitrogens with two attached hydrogens (primary N) is 1. The van der Waals surface area contributed by atoms with Crippen molar-refractivity contribution in [3.63, 3.8) is 0 Å². The highest BCUT2D eigenvalue weighted by Gasteiger charge is 2.65. The summed E-state index contributed by atoms with van der Waals surface area (Å²) in [6, 6.07) is 6.36. The summed E-state index contributed by atoms with van der Waals surface area (Å²) < 4.78 is 0. The number of aliphatic carboxylic acids is 1. The maximum atomic E-state index is 12.2. The Labute approximate surface area is 116 Å². The third-order valence-corrected chi connectivity index (χ3v) is 3.83. The van der Waals surface area contributed by atoms with E-state index in [-0.39, 0.29) is 5.56 Å². The number of rotatable bonds is 4. The van der Waals surface area contributed by atoms with Crippen molar-refractivity contribution in [2.45, 2.75) is 13.8 Å². The second-order valence-electron chi connectivity index (χ2n) is 5.51. The third-order valence-electron chi connectivity index (χ3n) is 3.83. The van der Waals surface area contributed by atoms with E-state index in [2.05, 4.69) is 5.32 Å². The van der Waals surface area contributed by atoms with Gasteiger partial charge < -0.3 is 16.2 Å². The highest BCUT2D eigenvalue weighted by molar-refractivity contribution is 6.05. The number of amides is 2. The van der Waals surface area contributed by atoms with E-state index >= 15 is 0 Å². The maximum absolute atomic E-state index is 12.2. The van der Waals surface area contributed by atoms with Gasteiger partial charge in [-0.25, -0.2) is 0 Å². The summed E-state index contributed by atoms with van der Waals surface area (Å²) in [6.07, 6.45) is 0. The Hall–Kier alpha value is -2.37. The molecule has 2 atom stereocenters. The van der Waals surface area contributed by atoms with Crippen molar-refractivity contribution in [2.75, 3.05) is 5.32 Å². The number of carbonyl (C=O) groups is 3. The summed E-state index contributed by atoms with van der Waals surface area (Å²) in [4.78, 5) is 34.5. The monoisotopic (exact) mass is 276 g/mol. The molecule has 6 heteroatoms. The molecular weight excluding hydrogens is 260 g/mol. The van der Waals surface area contributed by atoms with Gasteiger partial charge in [0, 0.05) is 0 Å². The maximum Gasteiger partial charge on any atom is 0.307 e. The summed E-state index contributed by atoms with van der Waals surface area (Å²) in [5.41, 5.74) is 5.14. The predicted octanol–water partition coefficient (Wildman–Crippen LogP) is 1.08. The average molecular weight is 276 g/mol. The van der Waals surface area contributed by atoms with Crippen LogP contribution in [0.4, 0.5) is 5.69 Å². The minimum Gasteiger partial charge on any atom is -0.481 e. The first kappa shape index (κ1) is 14.0. The zero-order valence-corrected chi connectivity index (χ0v) is 11.2. The lowest BCUT2D eigenvalue weighted by atomic mass is 10.1. The molecule has 0 radical (unpaired) electrons. The first-order valence-corrected chi connectivity index (χ1v) is 6.19. The van der Waals surface area contributed by atoms with Crippen LogP contribution in [-0.2, 0) is 9.59 Å². The van der Waals surface area contributed by atoms with E-state index in [1.54, 1.807) is 32.0 Å². The van der Waals surface area contributed by atoms with E-state index in [0.29, 0.717) is 5.69 Å². The van der Waals surface area contributed by atoms with E-state index in [0.717, 1.165) is 0 Å². The van der Waals surface area contributed by atoms with E-state index in [1.165, 1.54) is 6.07 Å². The summed E-state index contributed by atoms with van der Waals surface area (Å²) in [7, 11) is 0. The molecule has 0 unspecified atom stereocenters. The van der Waals surface area contributed by atoms with Crippen LogP contribution in [0.5, 0.6) is 0 Å². The Balaban J connectivity index is 2.18. The van der Waals surface area contributed by atoms with Gasteiger partial charge in [0.25, 0.3) is 5.91 Å². The minimum absolute atomic E-state index is 0.200. The third kappa shape index (κ3) is 2.24. The van der Waals surface area contributed by atoms with Gasteiger partial charge in [0.2, 0.25) is 5.91 Å². The smallest absolute Gasteiger partial charge is 0.307 e. The van der Waals surface area contributed by atoms with Gasteiger partial charge in [-0.2, -0.15) is 0 Å². The fourth-order valence-electron chi connectivity index (χ4n) is 2.61. The Morgan fingerprint density at radius 3 is 2.30 bits per heavy atom. The fraction of sp³-hybridized carbons (Fsp3) is 0.357. The Morgan fingerprint density at radius 1 is 1.20 bits per heavy atom. The van der Waals surface area contributed by atoms with Gasteiger partial charge in [0.1, 0.15) is 0 Å². The van der Waals surface area contributed by atoms with Crippen molar-refractivity contribution in [1.29, 1.82) is 0 Å². The van der Waals surface area contributed by atoms with E-state index in [4.69, 9.17) is 10.8 Å². The van der Waals surface area contributed by atoms with Crippen LogP contribution < -0.4 is 11.1 Å². The average Bonchev–Trinajstić information content (AvgIpc) is 2.93. The Bertz CT molecular complexity index is 595. The molecule has 106 valence electrons. The van der Waals surface area contributed by atoms with E-state index in [1.807, 2.05) is 0 Å². The van der Waals surface area contributed by atoms with Crippen LogP contribution in [0.25, 0.3) is 0 Å². The predicted molar refractivity (Wildman–Crippen MR) is 72.0 cm³/mol. The van der Waals surface area contributed by atoms with Crippen molar-refractivity contribution in [1.82, 2.24) is 0 Å². The molecule has 1 aromatic rings. The minimum atomic E-state index is -0.988. The van der Waals surface area contributed by atoms with Crippen molar-refractivity contribution in [3.8, 4) is 0 Å². The van der Waals surface area contributed by atoms with E-state index < -0.39 is 35.0 Å². The molecule has 6 nitrogen and oxygen atoms in total. The number of para-hydroxylation sites is 1. The molecule has 0 saturated heterocycles. The number of carboxylic acids is 1. The molecule has 4 N–H and O–H groups in total. The quantitative estimate of drug-likeness (QED) is 0.764. The number of benzene rings is 1. The molecule has 1 saturated carbocycles. The molecule has 0 aromatic heterocycles. The number of carboxylic acid groups (broad SMARTS) is 1. The number of carbonyl (C=O) groups excluding carboxylic acids is 2. The second-order valence-corrected chi connectivity index (χ2v) is 5.51. The molecule has 0 bridgehead atoms. The van der Waals surface area contributed by atoms with Gasteiger partial charge in [-0.15, -0.1) is 0 Å². The van der Waals surface area contributed by atoms with Gasteiger partial charge in [0.05, 0.1) is 23.1 Å². The summed E-state index contributed by atoms with van der Waals surface area (Å²) in [6.45, 7) is 3.46. The number of anilines is 1. The van der Waals surface area contributed by atoms with Crippen molar-refractivity contribution >= 4 is 23.5 Å². The van der Waals surface area contributed by atoms with Gasteiger partial charge in [-0.05, 0) is 17.5 Å². The normalized spacial score (nSPS) is 22.9. The number of hydrogen-bond acceptors (Lipinski definition) is 3. The summed E-state index contributed by atoms with van der Waals surface area (Å²) in [5.74, 6) is -3.36. The Kier molecular flexibility index (Phi) is 3.25. The Morgan fingerprint density at radius 2 is 1.80 bits per heavy atom.